The third-order valence-electron chi connectivity index (χ3n) is 3.59. The lowest BCUT2D eigenvalue weighted by Crippen LogP contribution is -2.12. The van der Waals surface area contributed by atoms with Gasteiger partial charge in [0.15, 0.2) is 0 Å². The van der Waals surface area contributed by atoms with Gasteiger partial charge in [0, 0.05) is 15.8 Å². The molecular formula is C18H23NS. The number of benzene rings is 2. The topological polar surface area (TPSA) is 12.0 Å². The zero-order valence-corrected chi connectivity index (χ0v) is 13.5. The first-order valence-corrected chi connectivity index (χ1v) is 7.97. The molecule has 106 valence electrons. The van der Waals surface area contributed by atoms with Crippen LogP contribution in [-0.2, 0) is 0 Å². The van der Waals surface area contributed by atoms with Gasteiger partial charge in [0.2, 0.25) is 0 Å². The average Bonchev–Trinajstić information content (AvgIpc) is 2.47. The summed E-state index contributed by atoms with van der Waals surface area (Å²) < 4.78 is 0. The number of nitrogens with one attached hydrogen (secondary N) is 1. The molecule has 1 N–H and O–H groups in total. The third kappa shape index (κ3) is 3.65. The SMILES string of the molecule is CNC(C)c1ccccc1Sc1ccc(C(C)C)cc1. The van der Waals surface area contributed by atoms with Crippen molar-refractivity contribution in [2.45, 2.75) is 42.5 Å². The molecule has 0 saturated carbocycles. The van der Waals surface area contributed by atoms with Gasteiger partial charge in [-0.15, -0.1) is 0 Å². The largest absolute Gasteiger partial charge is 0.313 e. The van der Waals surface area contributed by atoms with E-state index in [0.29, 0.717) is 12.0 Å². The van der Waals surface area contributed by atoms with E-state index >= 15 is 0 Å². The maximum Gasteiger partial charge on any atom is 0.0300 e. The molecule has 2 aromatic carbocycles. The lowest BCUT2D eigenvalue weighted by Gasteiger charge is -2.15. The molecule has 0 aliphatic carbocycles. The molecule has 0 amide bonds. The Bertz CT molecular complexity index is 546. The summed E-state index contributed by atoms with van der Waals surface area (Å²) in [6.07, 6.45) is 0. The Morgan fingerprint density at radius 1 is 0.900 bits per heavy atom. The molecule has 0 aliphatic heterocycles. The van der Waals surface area contributed by atoms with Gasteiger partial charge in [0.05, 0.1) is 0 Å². The maximum atomic E-state index is 3.32. The molecule has 0 heterocycles. The van der Waals surface area contributed by atoms with Crippen molar-refractivity contribution in [1.29, 1.82) is 0 Å². The molecule has 0 bridgehead atoms. The van der Waals surface area contributed by atoms with Crippen molar-refractivity contribution >= 4 is 11.8 Å². The fourth-order valence-corrected chi connectivity index (χ4v) is 3.17. The highest BCUT2D eigenvalue weighted by atomic mass is 32.2. The predicted molar refractivity (Wildman–Crippen MR) is 88.6 cm³/mol. The highest BCUT2D eigenvalue weighted by Gasteiger charge is 2.09. The summed E-state index contributed by atoms with van der Waals surface area (Å²) >= 11 is 1.84. The zero-order chi connectivity index (χ0) is 14.5. The minimum atomic E-state index is 0.369. The van der Waals surface area contributed by atoms with Gasteiger partial charge in [0.1, 0.15) is 0 Å². The second-order valence-electron chi connectivity index (χ2n) is 5.37. The van der Waals surface area contributed by atoms with Gasteiger partial charge in [-0.3, -0.25) is 0 Å². The smallest absolute Gasteiger partial charge is 0.0300 e. The van der Waals surface area contributed by atoms with E-state index in [1.807, 2.05) is 18.8 Å². The van der Waals surface area contributed by atoms with E-state index < -0.39 is 0 Å². The normalized spacial score (nSPS) is 12.7. The molecule has 1 nitrogen and oxygen atoms in total. The van der Waals surface area contributed by atoms with Gasteiger partial charge in [-0.05, 0) is 49.2 Å². The van der Waals surface area contributed by atoms with Crippen LogP contribution in [0.2, 0.25) is 0 Å². The molecule has 2 rings (SSSR count). The van der Waals surface area contributed by atoms with Gasteiger partial charge in [0.25, 0.3) is 0 Å². The Morgan fingerprint density at radius 3 is 2.15 bits per heavy atom. The van der Waals surface area contributed by atoms with Crippen LogP contribution in [0.15, 0.2) is 58.3 Å². The first-order valence-electron chi connectivity index (χ1n) is 7.16. The fraction of sp³-hybridized carbons (Fsp3) is 0.333. The Balaban J connectivity index is 2.21. The fourth-order valence-electron chi connectivity index (χ4n) is 2.13. The molecule has 0 saturated heterocycles. The van der Waals surface area contributed by atoms with Crippen LogP contribution in [0.25, 0.3) is 0 Å². The molecule has 2 aromatic rings. The minimum absolute atomic E-state index is 0.369. The monoisotopic (exact) mass is 285 g/mol. The number of hydrogen-bond donors (Lipinski definition) is 1. The Hall–Kier alpha value is -1.25. The second-order valence-corrected chi connectivity index (χ2v) is 6.49. The van der Waals surface area contributed by atoms with E-state index in [2.05, 4.69) is 74.6 Å². The summed E-state index contributed by atoms with van der Waals surface area (Å²) in [5.41, 5.74) is 2.75. The molecule has 20 heavy (non-hydrogen) atoms. The summed E-state index contributed by atoms with van der Waals surface area (Å²) in [7, 11) is 2.00. The zero-order valence-electron chi connectivity index (χ0n) is 12.7. The van der Waals surface area contributed by atoms with Crippen molar-refractivity contribution < 1.29 is 0 Å². The molecule has 2 heteroatoms. The van der Waals surface area contributed by atoms with Crippen molar-refractivity contribution in [3.05, 3.63) is 59.7 Å². The van der Waals surface area contributed by atoms with E-state index in [0.717, 1.165) is 0 Å². The van der Waals surface area contributed by atoms with E-state index in [9.17, 15) is 0 Å². The summed E-state index contributed by atoms with van der Waals surface area (Å²) in [6.45, 7) is 6.65. The summed E-state index contributed by atoms with van der Waals surface area (Å²) in [4.78, 5) is 2.62. The number of rotatable bonds is 5. The van der Waals surface area contributed by atoms with E-state index in [4.69, 9.17) is 0 Å². The molecule has 0 aliphatic rings. The Kier molecular flexibility index (Phi) is 5.27. The highest BCUT2D eigenvalue weighted by Crippen LogP contribution is 2.33. The van der Waals surface area contributed by atoms with E-state index in [1.165, 1.54) is 20.9 Å². The first-order chi connectivity index (χ1) is 9.61. The third-order valence-corrected chi connectivity index (χ3v) is 4.69. The molecule has 0 fully saturated rings. The highest BCUT2D eigenvalue weighted by molar-refractivity contribution is 7.99. The minimum Gasteiger partial charge on any atom is -0.313 e. The molecule has 1 atom stereocenters. The standard InChI is InChI=1S/C18H23NS/c1-13(2)15-9-11-16(12-10-15)20-18-8-6-5-7-17(18)14(3)19-4/h5-14,19H,1-4H3. The molecule has 0 spiro atoms. The molecule has 0 radical (unpaired) electrons. The quantitative estimate of drug-likeness (QED) is 0.806. The van der Waals surface area contributed by atoms with Crippen LogP contribution < -0.4 is 5.32 Å². The van der Waals surface area contributed by atoms with E-state index in [1.54, 1.807) is 0 Å². The lowest BCUT2D eigenvalue weighted by atomic mass is 10.0. The van der Waals surface area contributed by atoms with Crippen LogP contribution in [-0.4, -0.2) is 7.05 Å². The molecule has 0 aromatic heterocycles. The van der Waals surface area contributed by atoms with Crippen LogP contribution >= 0.6 is 11.8 Å². The van der Waals surface area contributed by atoms with Crippen molar-refractivity contribution in [3.63, 3.8) is 0 Å². The van der Waals surface area contributed by atoms with Crippen LogP contribution in [0.3, 0.4) is 0 Å². The Morgan fingerprint density at radius 2 is 1.55 bits per heavy atom. The summed E-state index contributed by atoms with van der Waals surface area (Å²) in [5.74, 6) is 0.589. The van der Waals surface area contributed by atoms with Crippen molar-refractivity contribution in [3.8, 4) is 0 Å². The maximum absolute atomic E-state index is 3.32. The summed E-state index contributed by atoms with van der Waals surface area (Å²) in [5, 5.41) is 3.32. The van der Waals surface area contributed by atoms with Crippen molar-refractivity contribution in [1.82, 2.24) is 5.32 Å². The van der Waals surface area contributed by atoms with Gasteiger partial charge in [-0.1, -0.05) is 55.9 Å². The number of hydrogen-bond acceptors (Lipinski definition) is 2. The van der Waals surface area contributed by atoms with Crippen LogP contribution in [0.1, 0.15) is 43.9 Å². The van der Waals surface area contributed by atoms with Gasteiger partial charge in [-0.25, -0.2) is 0 Å². The van der Waals surface area contributed by atoms with E-state index in [-0.39, 0.29) is 0 Å². The van der Waals surface area contributed by atoms with Crippen LogP contribution in [0.5, 0.6) is 0 Å². The average molecular weight is 285 g/mol. The first kappa shape index (κ1) is 15.1. The van der Waals surface area contributed by atoms with Gasteiger partial charge < -0.3 is 5.32 Å². The Labute approximate surface area is 126 Å². The van der Waals surface area contributed by atoms with Crippen LogP contribution in [0, 0.1) is 0 Å². The molecule has 1 unspecified atom stereocenters. The van der Waals surface area contributed by atoms with Crippen LogP contribution in [0.4, 0.5) is 0 Å². The van der Waals surface area contributed by atoms with Gasteiger partial charge in [-0.2, -0.15) is 0 Å². The molecular weight excluding hydrogens is 262 g/mol. The van der Waals surface area contributed by atoms with Crippen molar-refractivity contribution in [2.24, 2.45) is 0 Å². The second kappa shape index (κ2) is 6.96. The summed E-state index contributed by atoms with van der Waals surface area (Å²) in [6, 6.07) is 17.9. The van der Waals surface area contributed by atoms with Crippen molar-refractivity contribution in [2.75, 3.05) is 7.05 Å². The predicted octanol–water partition coefficient (Wildman–Crippen LogP) is 5.24. The lowest BCUT2D eigenvalue weighted by molar-refractivity contribution is 0.641. The van der Waals surface area contributed by atoms with Gasteiger partial charge >= 0.3 is 0 Å².